The summed E-state index contributed by atoms with van der Waals surface area (Å²) in [5, 5.41) is 12.1. The van der Waals surface area contributed by atoms with E-state index in [0.29, 0.717) is 211 Å². The number of ether oxygens (including phenoxy) is 17. The van der Waals surface area contributed by atoms with Crippen LogP contribution in [0.3, 0.4) is 0 Å². The van der Waals surface area contributed by atoms with Crippen LogP contribution in [0.2, 0.25) is 0 Å². The van der Waals surface area contributed by atoms with Gasteiger partial charge in [0.05, 0.1) is 198 Å². The number of rotatable bonds is 2. The van der Waals surface area contributed by atoms with Gasteiger partial charge < -0.3 is 126 Å². The molecule has 5 fully saturated rings. The molecule has 2 bridgehead atoms. The predicted octanol–water partition coefficient (Wildman–Crippen LogP) is -8.32. The van der Waals surface area contributed by atoms with Crippen LogP contribution >= 0.6 is 0 Å². The van der Waals surface area contributed by atoms with Crippen molar-refractivity contribution in [2.45, 2.75) is 0 Å². The van der Waals surface area contributed by atoms with Crippen LogP contribution in [0.15, 0.2) is 0 Å². The summed E-state index contributed by atoms with van der Waals surface area (Å²) < 4.78 is 92.9. The van der Waals surface area contributed by atoms with Gasteiger partial charge in [0.15, 0.2) is 0 Å². The Morgan fingerprint density at radius 2 is 0.415 bits per heavy atom. The second kappa shape index (κ2) is 74.3. The molecule has 0 radical (unpaired) electrons. The third kappa shape index (κ3) is 63.8. The molecule has 0 unspecified atom stereocenters. The normalized spacial score (nSPS) is 24.8. The first-order valence-corrected chi connectivity index (χ1v) is 29.1. The van der Waals surface area contributed by atoms with Crippen molar-refractivity contribution in [1.29, 1.82) is 0 Å². The minimum Gasteiger partial charge on any atom is -0.659 e. The van der Waals surface area contributed by atoms with E-state index in [2.05, 4.69) is 49.4 Å². The maximum Gasteiger partial charge on any atom is 1.00 e. The van der Waals surface area contributed by atoms with Crippen molar-refractivity contribution < 1.29 is 137 Å². The van der Waals surface area contributed by atoms with E-state index in [1.54, 1.807) is 0 Å². The van der Waals surface area contributed by atoms with Crippen LogP contribution in [0, 0.1) is 13.8 Å². The molecule has 4 N–H and O–H groups in total. The van der Waals surface area contributed by atoms with Gasteiger partial charge in [-0.25, -0.2) is 0 Å². The summed E-state index contributed by atoms with van der Waals surface area (Å²) in [7, 11) is 0. The van der Waals surface area contributed by atoms with E-state index in [1.165, 1.54) is 0 Å². The Labute approximate surface area is 532 Å². The van der Waals surface area contributed by atoms with E-state index in [1.807, 2.05) is 0 Å². The third-order valence-electron chi connectivity index (χ3n) is 11.9. The number of hydrogen-bond acceptors (Lipinski definition) is 23. The smallest absolute Gasteiger partial charge is 0.659 e. The number of fused-ring (bicyclic) bond motifs is 6. The molecule has 5 aliphatic heterocycles. The minimum atomic E-state index is 0. The van der Waals surface area contributed by atoms with Crippen LogP contribution in [-0.2, 0) is 80.5 Å². The monoisotopic (exact) mass is 1170 g/mol. The van der Waals surface area contributed by atoms with Crippen molar-refractivity contribution in [2.75, 3.05) is 342 Å². The van der Waals surface area contributed by atoms with Crippen molar-refractivity contribution in [3.63, 3.8) is 0 Å². The first kappa shape index (κ1) is 87.0. The standard InChI is InChI=1S/C16H33N3O4.C16H32N2O4.C12H24NO5.C10H20NO4.3Li.H3N/c1-3-18-5-9-20-13-15-22-11-7-19(4-2-17-1)8-12-23-16-14-21-10-6-18;1-3-17-5-9-19-13-15-21-11-7-18(4-2)8-12-22-16-14-20-10-6-17;1-3-14-5-7-16-9-11-18-12-10-17-8-6-15-4-2-13-1;1-3-12-5-7-14-9-10-15-8-6-13-4-2-11-1;;;;/h17H,1-16H2;1-16H2;1-12H2;1-10H2;;;;1H3/q;-2;2*-1;3*+1;. The summed E-state index contributed by atoms with van der Waals surface area (Å²) in [4.78, 5) is 9.23. The van der Waals surface area contributed by atoms with E-state index < -0.39 is 0 Å². The largest absolute Gasteiger partial charge is 1.00 e. The van der Waals surface area contributed by atoms with E-state index in [-0.39, 0.29) is 62.7 Å². The molecule has 0 atom stereocenters. The Balaban J connectivity index is -0.00000101. The average molecular weight is 1170 g/mol. The van der Waals surface area contributed by atoms with E-state index in [9.17, 15) is 0 Å². The SMILES string of the molecule is C1CN2CCOCCOCCN(CCN1)CCOCCOCC2.C1COCCOCCOCCOCCOCC[N-]1.C1COCCOCCOCCOCC[N-]1.N.[CH2-]CN1CCOCCOCCN(C[CH2-])CCOCCOCC1.[Li+].[Li+].[Li+]. The maximum atomic E-state index is 5.67. The van der Waals surface area contributed by atoms with Gasteiger partial charge >= 0.3 is 56.6 Å². The molecule has 28 heteroatoms. The molecule has 0 aliphatic carbocycles. The summed E-state index contributed by atoms with van der Waals surface area (Å²) in [5.74, 6) is 0. The number of nitrogens with zero attached hydrogens (tertiary/aromatic N) is 6. The second-order valence-corrected chi connectivity index (χ2v) is 17.9. The van der Waals surface area contributed by atoms with Crippen molar-refractivity contribution >= 4 is 0 Å². The first-order chi connectivity index (χ1) is 38.8. The van der Waals surface area contributed by atoms with Gasteiger partial charge in [0.1, 0.15) is 0 Å². The third-order valence-corrected chi connectivity index (χ3v) is 11.9. The molecule has 5 heterocycles. The van der Waals surface area contributed by atoms with Gasteiger partial charge in [-0.15, -0.1) is 39.3 Å². The van der Waals surface area contributed by atoms with Crippen molar-refractivity contribution in [1.82, 2.24) is 31.1 Å². The molecule has 5 rings (SSSR count). The Kier molecular flexibility index (Phi) is 78.8. The Bertz CT molecular complexity index is 963. The van der Waals surface area contributed by atoms with E-state index >= 15 is 0 Å². The van der Waals surface area contributed by atoms with Crippen LogP contribution in [0.1, 0.15) is 0 Å². The van der Waals surface area contributed by atoms with Crippen LogP contribution in [0.25, 0.3) is 10.6 Å². The van der Waals surface area contributed by atoms with Crippen LogP contribution in [0.4, 0.5) is 0 Å². The van der Waals surface area contributed by atoms with Gasteiger partial charge in [-0.05, 0) is 0 Å². The van der Waals surface area contributed by atoms with Crippen LogP contribution in [0.5, 0.6) is 0 Å². The van der Waals surface area contributed by atoms with Gasteiger partial charge in [0, 0.05) is 105 Å². The molecule has 0 spiro atoms. The van der Waals surface area contributed by atoms with Gasteiger partial charge in [0.2, 0.25) is 0 Å². The Morgan fingerprint density at radius 1 is 0.244 bits per heavy atom. The average Bonchev–Trinajstić information content (AvgIpc) is 3.48. The molecule has 5 saturated heterocycles. The summed E-state index contributed by atoms with van der Waals surface area (Å²) in [6, 6.07) is 0. The zero-order chi connectivity index (χ0) is 55.2. The van der Waals surface area contributed by atoms with Crippen molar-refractivity contribution in [2.24, 2.45) is 0 Å². The number of hydrogen-bond donors (Lipinski definition) is 2. The van der Waals surface area contributed by atoms with Gasteiger partial charge in [-0.2, -0.15) is 0 Å². The van der Waals surface area contributed by atoms with Gasteiger partial charge in [0.25, 0.3) is 0 Å². The molecule has 5 aliphatic rings. The molecule has 0 amide bonds. The number of nitrogens with one attached hydrogen (secondary N) is 1. The van der Waals surface area contributed by atoms with Crippen LogP contribution < -0.4 is 68.0 Å². The quantitative estimate of drug-likeness (QED) is 0.148. The molecule has 0 aromatic carbocycles. The zero-order valence-corrected chi connectivity index (χ0v) is 52.0. The first-order valence-electron chi connectivity index (χ1n) is 29.1. The molecule has 82 heavy (non-hydrogen) atoms. The summed E-state index contributed by atoms with van der Waals surface area (Å²) in [5.41, 5.74) is 0. The molecule has 0 aromatic heterocycles. The fraction of sp³-hybridized carbons (Fsp3) is 0.963. The summed E-state index contributed by atoms with van der Waals surface area (Å²) in [6.45, 7) is 45.8. The van der Waals surface area contributed by atoms with Gasteiger partial charge in [-0.3, -0.25) is 9.80 Å². The zero-order valence-electron chi connectivity index (χ0n) is 52.0. The molecule has 0 saturated carbocycles. The van der Waals surface area contributed by atoms with E-state index in [4.69, 9.17) is 80.5 Å². The molecule has 474 valence electrons. The minimum absolute atomic E-state index is 0. The fourth-order valence-corrected chi connectivity index (χ4v) is 7.26. The van der Waals surface area contributed by atoms with Gasteiger partial charge in [-0.1, -0.05) is 0 Å². The Hall–Kier alpha value is 0.792. The van der Waals surface area contributed by atoms with Crippen molar-refractivity contribution in [3.8, 4) is 0 Å². The molecular formula is C54H112Li3N8O17-. The Morgan fingerprint density at radius 3 is 0.610 bits per heavy atom. The van der Waals surface area contributed by atoms with Crippen molar-refractivity contribution in [3.05, 3.63) is 24.5 Å². The maximum absolute atomic E-state index is 5.67. The second-order valence-electron chi connectivity index (χ2n) is 17.9. The molecule has 25 nitrogen and oxygen atoms in total. The topological polar surface area (TPSA) is 245 Å². The molecular weight excluding hydrogens is 1050 g/mol. The fourth-order valence-electron chi connectivity index (χ4n) is 7.26. The van der Waals surface area contributed by atoms with E-state index in [0.717, 1.165) is 131 Å². The predicted molar refractivity (Wildman–Crippen MR) is 304 cm³/mol. The van der Waals surface area contributed by atoms with Crippen LogP contribution in [-0.4, -0.2) is 362 Å². The summed E-state index contributed by atoms with van der Waals surface area (Å²) >= 11 is 0. The molecule has 0 aromatic rings. The summed E-state index contributed by atoms with van der Waals surface area (Å²) in [6.07, 6.45) is 0.